The molecule has 0 spiro atoms. The summed E-state index contributed by atoms with van der Waals surface area (Å²) in [5, 5.41) is 2.34. The number of aliphatic imine (C=N–C) groups is 1. The molecule has 1 heterocycles. The van der Waals surface area contributed by atoms with Crippen LogP contribution in [0.15, 0.2) is 41.4 Å². The molecule has 3 heteroatoms. The van der Waals surface area contributed by atoms with Gasteiger partial charge in [-0.05, 0) is 51.7 Å². The van der Waals surface area contributed by atoms with E-state index < -0.39 is 0 Å². The first-order valence-corrected chi connectivity index (χ1v) is 7.97. The van der Waals surface area contributed by atoms with Gasteiger partial charge < -0.3 is 9.64 Å². The van der Waals surface area contributed by atoms with Gasteiger partial charge in [-0.2, -0.15) is 0 Å². The van der Waals surface area contributed by atoms with E-state index in [2.05, 4.69) is 62.2 Å². The molecule has 0 radical (unpaired) electrons. The van der Waals surface area contributed by atoms with Gasteiger partial charge in [0.05, 0.1) is 0 Å². The van der Waals surface area contributed by atoms with Crippen molar-refractivity contribution in [1.82, 2.24) is 4.90 Å². The molecule has 0 bridgehead atoms. The summed E-state index contributed by atoms with van der Waals surface area (Å²) in [6.45, 7) is 6.25. The maximum Gasteiger partial charge on any atom is 0.146 e. The van der Waals surface area contributed by atoms with E-state index in [1.165, 1.54) is 5.39 Å². The van der Waals surface area contributed by atoms with Crippen molar-refractivity contribution in [3.63, 3.8) is 0 Å². The molecule has 0 N–H and O–H groups in total. The zero-order valence-corrected chi connectivity index (χ0v) is 13.7. The van der Waals surface area contributed by atoms with Crippen LogP contribution < -0.4 is 4.74 Å². The fourth-order valence-corrected chi connectivity index (χ4v) is 2.94. The fraction of sp³-hybridized carbons (Fsp3) is 0.421. The van der Waals surface area contributed by atoms with Gasteiger partial charge in [0.15, 0.2) is 0 Å². The lowest BCUT2D eigenvalue weighted by Gasteiger charge is -2.28. The molecule has 0 aromatic heterocycles. The van der Waals surface area contributed by atoms with E-state index in [-0.39, 0.29) is 5.60 Å². The van der Waals surface area contributed by atoms with Crippen LogP contribution in [0, 0.1) is 0 Å². The summed E-state index contributed by atoms with van der Waals surface area (Å²) in [5.74, 6) is 0.879. The van der Waals surface area contributed by atoms with Crippen LogP contribution in [0.2, 0.25) is 0 Å². The Kier molecular flexibility index (Phi) is 4.16. The number of ether oxygens (including phenoxy) is 1. The first kappa shape index (κ1) is 15.0. The highest BCUT2D eigenvalue weighted by Gasteiger charge is 2.22. The molecular weight excluding hydrogens is 272 g/mol. The van der Waals surface area contributed by atoms with Gasteiger partial charge in [0, 0.05) is 18.1 Å². The molecule has 0 aliphatic carbocycles. The molecule has 3 nitrogen and oxygen atoms in total. The SMILES string of the molecule is CN1CC=Nc2c(ccc3ccccc23)OC(C)(C)CCC1. The number of rotatable bonds is 0. The highest BCUT2D eigenvalue weighted by atomic mass is 16.5. The molecule has 0 saturated carbocycles. The van der Waals surface area contributed by atoms with Crippen LogP contribution in [-0.4, -0.2) is 36.9 Å². The van der Waals surface area contributed by atoms with Crippen molar-refractivity contribution in [3.05, 3.63) is 36.4 Å². The van der Waals surface area contributed by atoms with E-state index >= 15 is 0 Å². The van der Waals surface area contributed by atoms with E-state index in [1.807, 2.05) is 6.21 Å². The molecule has 0 fully saturated rings. The minimum Gasteiger partial charge on any atom is -0.486 e. The van der Waals surface area contributed by atoms with E-state index in [0.29, 0.717) is 0 Å². The minimum atomic E-state index is -0.183. The molecule has 116 valence electrons. The number of hydrogen-bond donors (Lipinski definition) is 0. The standard InChI is InChI=1S/C19H24N2O/c1-19(2)11-6-13-21(3)14-12-20-18-16-8-5-4-7-15(16)9-10-17(18)22-19/h4-5,7-10,12H,6,11,13-14H2,1-3H3. The first-order valence-electron chi connectivity index (χ1n) is 7.97. The molecule has 1 aliphatic heterocycles. The third kappa shape index (κ3) is 3.30. The van der Waals surface area contributed by atoms with Crippen molar-refractivity contribution >= 4 is 22.7 Å². The quantitative estimate of drug-likeness (QED) is 0.718. The summed E-state index contributed by atoms with van der Waals surface area (Å²) in [7, 11) is 2.14. The summed E-state index contributed by atoms with van der Waals surface area (Å²) in [4.78, 5) is 7.04. The lowest BCUT2D eigenvalue weighted by Crippen LogP contribution is -2.30. The third-order valence-corrected chi connectivity index (χ3v) is 4.18. The second-order valence-electron chi connectivity index (χ2n) is 6.67. The fourth-order valence-electron chi connectivity index (χ4n) is 2.94. The molecule has 1 aliphatic rings. The van der Waals surface area contributed by atoms with Gasteiger partial charge in [-0.1, -0.05) is 30.3 Å². The van der Waals surface area contributed by atoms with E-state index in [1.54, 1.807) is 0 Å². The Morgan fingerprint density at radius 1 is 1.14 bits per heavy atom. The maximum atomic E-state index is 6.33. The lowest BCUT2D eigenvalue weighted by molar-refractivity contribution is 0.0951. The smallest absolute Gasteiger partial charge is 0.146 e. The second-order valence-corrected chi connectivity index (χ2v) is 6.67. The average Bonchev–Trinajstić information content (AvgIpc) is 2.50. The third-order valence-electron chi connectivity index (χ3n) is 4.18. The normalized spacial score (nSPS) is 19.2. The summed E-state index contributed by atoms with van der Waals surface area (Å²) in [6.07, 6.45) is 4.15. The maximum absolute atomic E-state index is 6.33. The van der Waals surface area contributed by atoms with Gasteiger partial charge in [-0.3, -0.25) is 4.99 Å². The number of nitrogens with zero attached hydrogens (tertiary/aromatic N) is 2. The number of benzene rings is 2. The number of hydrogen-bond acceptors (Lipinski definition) is 3. The van der Waals surface area contributed by atoms with Crippen molar-refractivity contribution in [1.29, 1.82) is 0 Å². The zero-order chi connectivity index (χ0) is 15.6. The lowest BCUT2D eigenvalue weighted by atomic mass is 10.0. The van der Waals surface area contributed by atoms with Crippen molar-refractivity contribution < 1.29 is 4.74 Å². The van der Waals surface area contributed by atoms with Crippen molar-refractivity contribution in [3.8, 4) is 5.75 Å². The molecule has 2 aromatic carbocycles. The molecule has 3 rings (SSSR count). The van der Waals surface area contributed by atoms with Crippen LogP contribution in [0.1, 0.15) is 26.7 Å². The van der Waals surface area contributed by atoms with Gasteiger partial charge in [0.1, 0.15) is 17.0 Å². The Labute approximate surface area is 132 Å². The monoisotopic (exact) mass is 296 g/mol. The van der Waals surface area contributed by atoms with Crippen LogP contribution in [-0.2, 0) is 0 Å². The predicted molar refractivity (Wildman–Crippen MR) is 93.5 cm³/mol. The second kappa shape index (κ2) is 6.09. The average molecular weight is 296 g/mol. The van der Waals surface area contributed by atoms with Crippen molar-refractivity contribution in [2.24, 2.45) is 4.99 Å². The van der Waals surface area contributed by atoms with Gasteiger partial charge >= 0.3 is 0 Å². The van der Waals surface area contributed by atoms with Crippen LogP contribution in [0.5, 0.6) is 5.75 Å². The Balaban J connectivity index is 2.11. The summed E-state index contributed by atoms with van der Waals surface area (Å²) < 4.78 is 6.33. The van der Waals surface area contributed by atoms with Gasteiger partial charge in [-0.15, -0.1) is 0 Å². The Morgan fingerprint density at radius 3 is 2.82 bits per heavy atom. The molecule has 0 unspecified atom stereocenters. The summed E-state index contributed by atoms with van der Waals surface area (Å²) in [5.41, 5.74) is 0.763. The molecule has 0 atom stereocenters. The molecule has 0 saturated heterocycles. The van der Waals surface area contributed by atoms with Crippen LogP contribution in [0.3, 0.4) is 0 Å². The Morgan fingerprint density at radius 2 is 1.95 bits per heavy atom. The predicted octanol–water partition coefficient (Wildman–Crippen LogP) is 4.43. The zero-order valence-electron chi connectivity index (χ0n) is 13.7. The van der Waals surface area contributed by atoms with Gasteiger partial charge in [-0.25, -0.2) is 0 Å². The molecule has 0 amide bonds. The highest BCUT2D eigenvalue weighted by Crippen LogP contribution is 2.38. The topological polar surface area (TPSA) is 24.8 Å². The minimum absolute atomic E-state index is 0.183. The van der Waals surface area contributed by atoms with Crippen molar-refractivity contribution in [2.45, 2.75) is 32.3 Å². The molecular formula is C19H24N2O. The van der Waals surface area contributed by atoms with Crippen LogP contribution in [0.4, 0.5) is 5.69 Å². The number of fused-ring (bicyclic) bond motifs is 3. The molecule has 2 aromatic rings. The first-order chi connectivity index (χ1) is 10.6. The summed E-state index contributed by atoms with van der Waals surface area (Å²) >= 11 is 0. The van der Waals surface area contributed by atoms with E-state index in [9.17, 15) is 0 Å². The van der Waals surface area contributed by atoms with Gasteiger partial charge in [0.2, 0.25) is 0 Å². The van der Waals surface area contributed by atoms with Crippen LogP contribution >= 0.6 is 0 Å². The highest BCUT2D eigenvalue weighted by molar-refractivity contribution is 5.96. The van der Waals surface area contributed by atoms with Gasteiger partial charge in [0.25, 0.3) is 0 Å². The Bertz CT molecular complexity index is 691. The Hall–Kier alpha value is -1.87. The van der Waals surface area contributed by atoms with Crippen LogP contribution in [0.25, 0.3) is 10.8 Å². The van der Waals surface area contributed by atoms with E-state index in [0.717, 1.165) is 42.8 Å². The largest absolute Gasteiger partial charge is 0.486 e. The summed E-state index contributed by atoms with van der Waals surface area (Å²) in [6, 6.07) is 12.5. The molecule has 22 heavy (non-hydrogen) atoms. The van der Waals surface area contributed by atoms with Crippen molar-refractivity contribution in [2.75, 3.05) is 20.1 Å². The van der Waals surface area contributed by atoms with E-state index in [4.69, 9.17) is 9.73 Å².